The Morgan fingerprint density at radius 2 is 2.00 bits per heavy atom. The zero-order chi connectivity index (χ0) is 20.3. The Morgan fingerprint density at radius 3 is 2.75 bits per heavy atom. The number of hydrogen-bond acceptors (Lipinski definition) is 5. The summed E-state index contributed by atoms with van der Waals surface area (Å²) in [5.41, 5.74) is 0.560. The van der Waals surface area contributed by atoms with Gasteiger partial charge in [0.2, 0.25) is 0 Å². The van der Waals surface area contributed by atoms with Crippen LogP contribution in [0.5, 0.6) is 5.75 Å². The molecular formula is C20H23ClN2O5. The van der Waals surface area contributed by atoms with Crippen molar-refractivity contribution < 1.29 is 18.7 Å². The van der Waals surface area contributed by atoms with E-state index in [1.807, 2.05) is 0 Å². The number of carbonyl (C=O) groups is 2. The molecule has 1 aliphatic rings. The summed E-state index contributed by atoms with van der Waals surface area (Å²) in [5, 5.41) is 6.06. The van der Waals surface area contributed by atoms with Crippen molar-refractivity contribution in [2.75, 3.05) is 6.61 Å². The first-order chi connectivity index (χ1) is 13.3. The lowest BCUT2D eigenvalue weighted by Crippen LogP contribution is -2.48. The number of benzene rings is 1. The number of aryl methyl sites for hydroxylation is 1. The molecule has 2 atom stereocenters. The summed E-state index contributed by atoms with van der Waals surface area (Å²) in [4.78, 5) is 35.6. The highest BCUT2D eigenvalue weighted by Gasteiger charge is 2.23. The van der Waals surface area contributed by atoms with Crippen LogP contribution in [0.25, 0.3) is 11.0 Å². The third-order valence-corrected chi connectivity index (χ3v) is 5.34. The Balaban J connectivity index is 1.59. The summed E-state index contributed by atoms with van der Waals surface area (Å²) in [6.45, 7) is 3.47. The summed E-state index contributed by atoms with van der Waals surface area (Å²) in [6, 6.07) is 3.99. The fraction of sp³-hybridized carbons (Fsp3) is 0.450. The second-order valence-corrected chi connectivity index (χ2v) is 7.61. The summed E-state index contributed by atoms with van der Waals surface area (Å²) < 4.78 is 10.6. The maximum absolute atomic E-state index is 12.0. The molecule has 7 nitrogen and oxygen atoms in total. The van der Waals surface area contributed by atoms with Gasteiger partial charge in [0.25, 0.3) is 5.91 Å². The number of hydrogen-bond donors (Lipinski definition) is 2. The molecule has 1 fully saturated rings. The van der Waals surface area contributed by atoms with Gasteiger partial charge in [0.1, 0.15) is 11.3 Å². The molecule has 0 bridgehead atoms. The maximum Gasteiger partial charge on any atom is 0.336 e. The molecule has 0 radical (unpaired) electrons. The third kappa shape index (κ3) is 4.84. The number of amides is 3. The van der Waals surface area contributed by atoms with Crippen LogP contribution >= 0.6 is 11.6 Å². The highest BCUT2D eigenvalue weighted by molar-refractivity contribution is 6.32. The zero-order valence-corrected chi connectivity index (χ0v) is 16.6. The molecule has 150 valence electrons. The second kappa shape index (κ2) is 8.65. The highest BCUT2D eigenvalue weighted by Crippen LogP contribution is 2.31. The minimum atomic E-state index is -0.595. The van der Waals surface area contributed by atoms with E-state index in [0.29, 0.717) is 16.9 Å². The van der Waals surface area contributed by atoms with Crippen LogP contribution in [-0.4, -0.2) is 24.6 Å². The van der Waals surface area contributed by atoms with Gasteiger partial charge in [0.15, 0.2) is 6.61 Å². The van der Waals surface area contributed by atoms with Crippen LogP contribution < -0.4 is 21.0 Å². The maximum atomic E-state index is 12.0. The van der Waals surface area contributed by atoms with Crippen molar-refractivity contribution in [1.29, 1.82) is 0 Å². The lowest BCUT2D eigenvalue weighted by Gasteiger charge is -2.29. The van der Waals surface area contributed by atoms with Gasteiger partial charge in [-0.15, -0.1) is 0 Å². The summed E-state index contributed by atoms with van der Waals surface area (Å²) in [6.07, 6.45) is 4.22. The first-order valence-corrected chi connectivity index (χ1v) is 9.68. The standard InChI is InChI=1S/C20H23ClN2O5/c1-11-5-3-4-6-15(11)22-20(26)23-18(24)10-27-17-9-16-13(8-14(17)21)12(2)7-19(25)28-16/h7-9,11,15H,3-6,10H2,1-2H3,(H2,22,23,24,26)/t11-,15-/m1/s1. The van der Waals surface area contributed by atoms with Crippen LogP contribution in [0.1, 0.15) is 38.2 Å². The van der Waals surface area contributed by atoms with Gasteiger partial charge in [-0.2, -0.15) is 0 Å². The van der Waals surface area contributed by atoms with E-state index in [-0.39, 0.29) is 16.8 Å². The van der Waals surface area contributed by atoms with Crippen molar-refractivity contribution in [2.45, 2.75) is 45.6 Å². The van der Waals surface area contributed by atoms with Crippen molar-refractivity contribution >= 4 is 34.5 Å². The van der Waals surface area contributed by atoms with Crippen LogP contribution in [0.4, 0.5) is 4.79 Å². The second-order valence-electron chi connectivity index (χ2n) is 7.21. The summed E-state index contributed by atoms with van der Waals surface area (Å²) >= 11 is 6.19. The number of urea groups is 1. The van der Waals surface area contributed by atoms with Crippen molar-refractivity contribution in [3.8, 4) is 5.75 Å². The predicted molar refractivity (Wildman–Crippen MR) is 106 cm³/mol. The number of nitrogens with one attached hydrogen (secondary N) is 2. The molecule has 1 heterocycles. The smallest absolute Gasteiger partial charge is 0.336 e. The number of rotatable bonds is 4. The molecule has 3 rings (SSSR count). The molecule has 1 aromatic carbocycles. The molecule has 0 unspecified atom stereocenters. The van der Waals surface area contributed by atoms with Gasteiger partial charge < -0.3 is 14.5 Å². The Kier molecular flexibility index (Phi) is 6.24. The van der Waals surface area contributed by atoms with E-state index in [0.717, 1.165) is 24.8 Å². The minimum absolute atomic E-state index is 0.0727. The Hall–Kier alpha value is -2.54. The van der Waals surface area contributed by atoms with Crippen molar-refractivity contribution in [3.63, 3.8) is 0 Å². The predicted octanol–water partition coefficient (Wildman–Crippen LogP) is 3.54. The van der Waals surface area contributed by atoms with Gasteiger partial charge in [-0.1, -0.05) is 31.4 Å². The Labute approximate surface area is 167 Å². The molecule has 8 heteroatoms. The normalized spacial score (nSPS) is 19.2. The van der Waals surface area contributed by atoms with Gasteiger partial charge in [-0.3, -0.25) is 10.1 Å². The van der Waals surface area contributed by atoms with Gasteiger partial charge in [-0.05, 0) is 37.3 Å². The van der Waals surface area contributed by atoms with E-state index in [2.05, 4.69) is 17.6 Å². The van der Waals surface area contributed by atoms with Crippen LogP contribution in [0, 0.1) is 12.8 Å². The largest absolute Gasteiger partial charge is 0.482 e. The molecule has 0 aliphatic heterocycles. The van der Waals surface area contributed by atoms with Crippen LogP contribution in [0.3, 0.4) is 0 Å². The average molecular weight is 407 g/mol. The van der Waals surface area contributed by atoms with E-state index >= 15 is 0 Å². The molecular weight excluding hydrogens is 384 g/mol. The van der Waals surface area contributed by atoms with Crippen molar-refractivity contribution in [2.24, 2.45) is 5.92 Å². The SMILES string of the molecule is Cc1cc(=O)oc2cc(OCC(=O)NC(=O)N[C@@H]3CCCC[C@H]3C)c(Cl)cc12. The topological polar surface area (TPSA) is 97.6 Å². The molecule has 28 heavy (non-hydrogen) atoms. The Bertz CT molecular complexity index is 955. The van der Waals surface area contributed by atoms with E-state index in [9.17, 15) is 14.4 Å². The van der Waals surface area contributed by atoms with Gasteiger partial charge in [0, 0.05) is 23.6 Å². The molecule has 2 aromatic rings. The van der Waals surface area contributed by atoms with Crippen LogP contribution in [0.2, 0.25) is 5.02 Å². The van der Waals surface area contributed by atoms with Gasteiger partial charge in [-0.25, -0.2) is 9.59 Å². The molecule has 3 amide bonds. The van der Waals surface area contributed by atoms with Gasteiger partial charge >= 0.3 is 11.7 Å². The Morgan fingerprint density at radius 1 is 1.25 bits per heavy atom. The molecule has 1 aromatic heterocycles. The highest BCUT2D eigenvalue weighted by atomic mass is 35.5. The number of ether oxygens (including phenoxy) is 1. The van der Waals surface area contributed by atoms with E-state index in [4.69, 9.17) is 20.8 Å². The van der Waals surface area contributed by atoms with Crippen molar-refractivity contribution in [1.82, 2.24) is 10.6 Å². The fourth-order valence-corrected chi connectivity index (χ4v) is 3.69. The summed E-state index contributed by atoms with van der Waals surface area (Å²) in [7, 11) is 0. The van der Waals surface area contributed by atoms with E-state index in [1.54, 1.807) is 13.0 Å². The number of carbonyl (C=O) groups excluding carboxylic acids is 2. The molecule has 2 N–H and O–H groups in total. The van der Waals surface area contributed by atoms with E-state index in [1.165, 1.54) is 18.6 Å². The number of fused-ring (bicyclic) bond motifs is 1. The molecule has 1 saturated carbocycles. The average Bonchev–Trinajstić information content (AvgIpc) is 2.62. The fourth-order valence-electron chi connectivity index (χ4n) is 3.47. The summed E-state index contributed by atoms with van der Waals surface area (Å²) in [5.74, 6) is -0.0115. The third-order valence-electron chi connectivity index (χ3n) is 5.04. The van der Waals surface area contributed by atoms with Crippen LogP contribution in [-0.2, 0) is 4.79 Å². The number of imide groups is 1. The first kappa shape index (κ1) is 20.2. The first-order valence-electron chi connectivity index (χ1n) is 9.30. The monoisotopic (exact) mass is 406 g/mol. The van der Waals surface area contributed by atoms with E-state index < -0.39 is 24.2 Å². The zero-order valence-electron chi connectivity index (χ0n) is 15.8. The van der Waals surface area contributed by atoms with Crippen molar-refractivity contribution in [3.05, 3.63) is 39.2 Å². The number of halogens is 1. The lowest BCUT2D eigenvalue weighted by atomic mass is 9.86. The minimum Gasteiger partial charge on any atom is -0.482 e. The lowest BCUT2D eigenvalue weighted by molar-refractivity contribution is -0.122. The molecule has 1 aliphatic carbocycles. The molecule has 0 spiro atoms. The quantitative estimate of drug-likeness (QED) is 0.757. The molecule has 0 saturated heterocycles. The van der Waals surface area contributed by atoms with Gasteiger partial charge in [0.05, 0.1) is 5.02 Å². The van der Waals surface area contributed by atoms with Crippen LogP contribution in [0.15, 0.2) is 27.4 Å².